The number of aromatic nitrogens is 1. The Hall–Kier alpha value is -2.94. The van der Waals surface area contributed by atoms with Crippen molar-refractivity contribution in [1.82, 2.24) is 9.88 Å². The molecule has 3 aromatic rings. The number of hydrogen-bond donors (Lipinski definition) is 0. The van der Waals surface area contributed by atoms with Gasteiger partial charge in [0, 0.05) is 25.2 Å². The van der Waals surface area contributed by atoms with Crippen LogP contribution in [-0.2, 0) is 17.8 Å². The van der Waals surface area contributed by atoms with Crippen molar-refractivity contribution in [3.05, 3.63) is 101 Å². The molecular formula is C24H22N2O. The second kappa shape index (κ2) is 6.66. The summed E-state index contributed by atoms with van der Waals surface area (Å²) in [6.45, 7) is 1.43. The lowest BCUT2D eigenvalue weighted by Gasteiger charge is -2.36. The highest BCUT2D eigenvalue weighted by molar-refractivity contribution is 5.85. The van der Waals surface area contributed by atoms with Gasteiger partial charge in [-0.2, -0.15) is 0 Å². The summed E-state index contributed by atoms with van der Waals surface area (Å²) in [5.41, 5.74) is 6.08. The Bertz CT molecular complexity index is 982. The molecule has 0 fully saturated rings. The highest BCUT2D eigenvalue weighted by Crippen LogP contribution is 2.37. The number of carbonyl (C=O) groups excluding carboxylic acids is 1. The number of hydrogen-bond acceptors (Lipinski definition) is 2. The van der Waals surface area contributed by atoms with E-state index in [2.05, 4.69) is 64.5 Å². The predicted molar refractivity (Wildman–Crippen MR) is 105 cm³/mol. The second-order valence-corrected chi connectivity index (χ2v) is 7.52. The van der Waals surface area contributed by atoms with Gasteiger partial charge in [-0.15, -0.1) is 0 Å². The average Bonchev–Trinajstić information content (AvgIpc) is 3.17. The summed E-state index contributed by atoms with van der Waals surface area (Å²) < 4.78 is 0. The largest absolute Gasteiger partial charge is 0.337 e. The van der Waals surface area contributed by atoms with Crippen molar-refractivity contribution >= 4 is 5.91 Å². The maximum absolute atomic E-state index is 13.4. The Morgan fingerprint density at radius 1 is 0.926 bits per heavy atom. The van der Waals surface area contributed by atoms with Gasteiger partial charge in [0.15, 0.2) is 0 Å². The molecule has 134 valence electrons. The van der Waals surface area contributed by atoms with Crippen molar-refractivity contribution in [2.24, 2.45) is 0 Å². The summed E-state index contributed by atoms with van der Waals surface area (Å²) >= 11 is 0. The van der Waals surface area contributed by atoms with E-state index in [1.807, 2.05) is 18.3 Å². The van der Waals surface area contributed by atoms with Gasteiger partial charge >= 0.3 is 0 Å². The van der Waals surface area contributed by atoms with E-state index >= 15 is 0 Å². The van der Waals surface area contributed by atoms with E-state index < -0.39 is 0 Å². The van der Waals surface area contributed by atoms with Gasteiger partial charge < -0.3 is 4.90 Å². The van der Waals surface area contributed by atoms with Crippen molar-refractivity contribution in [3.8, 4) is 0 Å². The van der Waals surface area contributed by atoms with Crippen LogP contribution in [0.1, 0.15) is 46.2 Å². The Labute approximate surface area is 159 Å². The maximum Gasteiger partial charge on any atom is 0.232 e. The van der Waals surface area contributed by atoms with E-state index in [1.165, 1.54) is 22.3 Å². The van der Waals surface area contributed by atoms with E-state index in [0.29, 0.717) is 6.54 Å². The van der Waals surface area contributed by atoms with Crippen LogP contribution < -0.4 is 0 Å². The minimum atomic E-state index is -0.0946. The van der Waals surface area contributed by atoms with Crippen molar-refractivity contribution in [1.29, 1.82) is 0 Å². The SMILES string of the molecule is O=C(C1CCc2cccnc21)N1Cc2ccccc2C(c2ccccc2)C1. The third kappa shape index (κ3) is 2.84. The summed E-state index contributed by atoms with van der Waals surface area (Å²) in [6, 6.07) is 23.2. The quantitative estimate of drug-likeness (QED) is 0.688. The van der Waals surface area contributed by atoms with E-state index in [9.17, 15) is 4.79 Å². The van der Waals surface area contributed by atoms with Crippen molar-refractivity contribution in [2.45, 2.75) is 31.2 Å². The predicted octanol–water partition coefficient (Wildman–Crippen LogP) is 4.29. The Morgan fingerprint density at radius 2 is 1.70 bits per heavy atom. The normalized spacial score (nSPS) is 20.8. The fourth-order valence-electron chi connectivity index (χ4n) is 4.62. The van der Waals surface area contributed by atoms with Crippen LogP contribution in [0.15, 0.2) is 72.9 Å². The van der Waals surface area contributed by atoms with Gasteiger partial charge in [0.2, 0.25) is 5.91 Å². The Kier molecular flexibility index (Phi) is 4.01. The first-order valence-electron chi connectivity index (χ1n) is 9.66. The van der Waals surface area contributed by atoms with Gasteiger partial charge in [0.1, 0.15) is 0 Å². The van der Waals surface area contributed by atoms with Gasteiger partial charge in [-0.3, -0.25) is 9.78 Å². The number of rotatable bonds is 2. The molecule has 2 aromatic carbocycles. The van der Waals surface area contributed by atoms with E-state index in [0.717, 1.165) is 25.1 Å². The highest BCUT2D eigenvalue weighted by atomic mass is 16.2. The summed E-state index contributed by atoms with van der Waals surface area (Å²) in [5.74, 6) is 0.357. The van der Waals surface area contributed by atoms with Crippen LogP contribution in [0.5, 0.6) is 0 Å². The van der Waals surface area contributed by atoms with E-state index in [4.69, 9.17) is 0 Å². The van der Waals surface area contributed by atoms with Gasteiger partial charge in [0.05, 0.1) is 11.6 Å². The van der Waals surface area contributed by atoms with E-state index in [-0.39, 0.29) is 17.7 Å². The molecule has 0 radical (unpaired) electrons. The lowest BCUT2D eigenvalue weighted by molar-refractivity contribution is -0.134. The van der Waals surface area contributed by atoms with Crippen molar-refractivity contribution in [2.75, 3.05) is 6.54 Å². The molecule has 27 heavy (non-hydrogen) atoms. The van der Waals surface area contributed by atoms with Crippen molar-refractivity contribution in [3.63, 3.8) is 0 Å². The summed E-state index contributed by atoms with van der Waals surface area (Å²) in [4.78, 5) is 20.0. The molecule has 0 N–H and O–H groups in total. The molecule has 0 bridgehead atoms. The zero-order valence-electron chi connectivity index (χ0n) is 15.2. The van der Waals surface area contributed by atoms with Gasteiger partial charge in [0.25, 0.3) is 0 Å². The molecule has 3 heteroatoms. The van der Waals surface area contributed by atoms with Crippen LogP contribution in [0.2, 0.25) is 0 Å². The summed E-state index contributed by atoms with van der Waals surface area (Å²) in [5, 5.41) is 0. The highest BCUT2D eigenvalue weighted by Gasteiger charge is 2.36. The second-order valence-electron chi connectivity index (χ2n) is 7.52. The fraction of sp³-hybridized carbons (Fsp3) is 0.250. The van der Waals surface area contributed by atoms with Crippen LogP contribution in [0, 0.1) is 0 Å². The first-order chi connectivity index (χ1) is 13.3. The molecule has 0 saturated heterocycles. The first-order valence-corrected chi connectivity index (χ1v) is 9.66. The third-order valence-electron chi connectivity index (χ3n) is 5.96. The van der Waals surface area contributed by atoms with Crippen LogP contribution in [0.25, 0.3) is 0 Å². The fourth-order valence-corrected chi connectivity index (χ4v) is 4.62. The molecule has 1 aromatic heterocycles. The molecule has 1 aliphatic carbocycles. The van der Waals surface area contributed by atoms with Gasteiger partial charge in [-0.1, -0.05) is 60.7 Å². The number of carbonyl (C=O) groups is 1. The Balaban J connectivity index is 1.49. The standard InChI is InChI=1S/C24H22N2O/c27-24(21-13-12-18-10-6-14-25-23(18)21)26-15-19-9-4-5-11-20(19)22(16-26)17-7-2-1-3-8-17/h1-11,14,21-22H,12-13,15-16H2. The monoisotopic (exact) mass is 354 g/mol. The molecule has 0 spiro atoms. The minimum absolute atomic E-state index is 0.0946. The molecule has 2 heterocycles. The summed E-state index contributed by atoms with van der Waals surface area (Å²) in [6.07, 6.45) is 3.63. The number of nitrogens with zero attached hydrogens (tertiary/aromatic N) is 2. The molecule has 1 amide bonds. The average molecular weight is 354 g/mol. The smallest absolute Gasteiger partial charge is 0.232 e. The zero-order valence-corrected chi connectivity index (χ0v) is 15.2. The molecule has 1 aliphatic heterocycles. The van der Waals surface area contributed by atoms with Crippen molar-refractivity contribution < 1.29 is 4.79 Å². The molecule has 2 aliphatic rings. The lowest BCUT2D eigenvalue weighted by Crippen LogP contribution is -2.41. The minimum Gasteiger partial charge on any atom is -0.337 e. The van der Waals surface area contributed by atoms with Crippen LogP contribution in [0.3, 0.4) is 0 Å². The molecule has 0 saturated carbocycles. The number of aryl methyl sites for hydroxylation is 1. The van der Waals surface area contributed by atoms with Gasteiger partial charge in [-0.25, -0.2) is 0 Å². The topological polar surface area (TPSA) is 33.2 Å². The Morgan fingerprint density at radius 3 is 2.59 bits per heavy atom. The zero-order chi connectivity index (χ0) is 18.2. The molecule has 2 unspecified atom stereocenters. The van der Waals surface area contributed by atoms with Crippen LogP contribution in [-0.4, -0.2) is 22.3 Å². The molecule has 3 nitrogen and oxygen atoms in total. The number of fused-ring (bicyclic) bond motifs is 2. The van der Waals surface area contributed by atoms with E-state index in [1.54, 1.807) is 0 Å². The molecule has 2 atom stereocenters. The number of benzene rings is 2. The number of pyridine rings is 1. The molecular weight excluding hydrogens is 332 g/mol. The third-order valence-corrected chi connectivity index (χ3v) is 5.96. The van der Waals surface area contributed by atoms with Crippen LogP contribution >= 0.6 is 0 Å². The lowest BCUT2D eigenvalue weighted by atomic mass is 9.84. The van der Waals surface area contributed by atoms with Gasteiger partial charge in [-0.05, 0) is 41.2 Å². The number of amides is 1. The van der Waals surface area contributed by atoms with Crippen LogP contribution in [0.4, 0.5) is 0 Å². The summed E-state index contributed by atoms with van der Waals surface area (Å²) in [7, 11) is 0. The maximum atomic E-state index is 13.4. The first kappa shape index (κ1) is 16.2. The molecule has 5 rings (SSSR count).